The summed E-state index contributed by atoms with van der Waals surface area (Å²) in [7, 11) is 0. The van der Waals surface area contributed by atoms with Crippen molar-refractivity contribution in [1.29, 1.82) is 0 Å². The number of anilines is 1. The Kier molecular flexibility index (Phi) is 5.63. The van der Waals surface area contributed by atoms with Crippen LogP contribution < -0.4 is 5.32 Å². The van der Waals surface area contributed by atoms with Gasteiger partial charge in [-0.2, -0.15) is 0 Å². The maximum atomic E-state index is 13.6. The molecule has 0 bridgehead atoms. The summed E-state index contributed by atoms with van der Waals surface area (Å²) in [4.78, 5) is 28.4. The van der Waals surface area contributed by atoms with Crippen molar-refractivity contribution < 1.29 is 9.18 Å². The second kappa shape index (κ2) is 8.32. The summed E-state index contributed by atoms with van der Waals surface area (Å²) >= 11 is 4.65. The van der Waals surface area contributed by atoms with Crippen molar-refractivity contribution in [2.45, 2.75) is 18.9 Å². The van der Waals surface area contributed by atoms with Crippen LogP contribution >= 0.6 is 27.3 Å². The zero-order valence-corrected chi connectivity index (χ0v) is 17.2. The molecule has 1 atom stereocenters. The zero-order valence-electron chi connectivity index (χ0n) is 14.8. The van der Waals surface area contributed by atoms with E-state index < -0.39 is 0 Å². The Morgan fingerprint density at radius 1 is 1.32 bits per heavy atom. The third-order valence-electron chi connectivity index (χ3n) is 4.61. The van der Waals surface area contributed by atoms with E-state index in [1.807, 2.05) is 4.90 Å². The molecule has 144 valence electrons. The Balaban J connectivity index is 1.50. The number of thiazole rings is 1. The molecule has 1 fully saturated rings. The van der Waals surface area contributed by atoms with Gasteiger partial charge in [-0.15, -0.1) is 11.3 Å². The van der Waals surface area contributed by atoms with E-state index in [9.17, 15) is 9.18 Å². The lowest BCUT2D eigenvalue weighted by atomic mass is 10.1. The predicted octanol–water partition coefficient (Wildman–Crippen LogP) is 4.22. The molecular weight excluding hydrogens is 445 g/mol. The molecule has 28 heavy (non-hydrogen) atoms. The molecule has 6 nitrogen and oxygen atoms in total. The van der Waals surface area contributed by atoms with Crippen LogP contribution in [-0.4, -0.2) is 44.9 Å². The maximum Gasteiger partial charge on any atom is 0.274 e. The molecule has 0 saturated carbocycles. The molecule has 1 aliphatic heterocycles. The van der Waals surface area contributed by atoms with Gasteiger partial charge in [0.25, 0.3) is 5.91 Å². The number of carbonyl (C=O) groups excluding carboxylic acids is 1. The first-order chi connectivity index (χ1) is 13.6. The highest BCUT2D eigenvalue weighted by atomic mass is 79.9. The van der Waals surface area contributed by atoms with Gasteiger partial charge in [0, 0.05) is 31.5 Å². The number of carbonyl (C=O) groups is 1. The first-order valence-corrected chi connectivity index (χ1v) is 10.5. The number of nitrogens with zero attached hydrogens (tertiary/aromatic N) is 4. The van der Waals surface area contributed by atoms with Gasteiger partial charge in [0.1, 0.15) is 11.5 Å². The fourth-order valence-electron chi connectivity index (χ4n) is 3.30. The van der Waals surface area contributed by atoms with Crippen LogP contribution in [0.25, 0.3) is 10.4 Å². The van der Waals surface area contributed by atoms with Crippen LogP contribution in [0.4, 0.5) is 10.3 Å². The first-order valence-electron chi connectivity index (χ1n) is 8.83. The lowest BCUT2D eigenvalue weighted by molar-refractivity contribution is 0.0739. The SMILES string of the molecule is O=C(c1ncsc1-c1cccc(F)c1)N1CCCC1CNc1ncc(Br)cn1. The lowest BCUT2D eigenvalue weighted by Crippen LogP contribution is -2.40. The van der Waals surface area contributed by atoms with Crippen molar-refractivity contribution in [3.63, 3.8) is 0 Å². The Morgan fingerprint density at radius 2 is 2.14 bits per heavy atom. The van der Waals surface area contributed by atoms with E-state index in [2.05, 4.69) is 36.2 Å². The van der Waals surface area contributed by atoms with Crippen molar-refractivity contribution in [2.75, 3.05) is 18.4 Å². The molecule has 1 aromatic carbocycles. The van der Waals surface area contributed by atoms with Crippen molar-refractivity contribution in [3.8, 4) is 10.4 Å². The van der Waals surface area contributed by atoms with E-state index in [-0.39, 0.29) is 17.8 Å². The van der Waals surface area contributed by atoms with Crippen LogP contribution in [-0.2, 0) is 0 Å². The Hall–Kier alpha value is -2.39. The minimum atomic E-state index is -0.331. The van der Waals surface area contributed by atoms with Gasteiger partial charge in [0.05, 0.1) is 14.9 Å². The van der Waals surface area contributed by atoms with Crippen molar-refractivity contribution in [2.24, 2.45) is 0 Å². The summed E-state index contributed by atoms with van der Waals surface area (Å²) in [6, 6.07) is 6.28. The van der Waals surface area contributed by atoms with Gasteiger partial charge >= 0.3 is 0 Å². The molecule has 1 saturated heterocycles. The third-order valence-corrected chi connectivity index (χ3v) is 5.90. The molecule has 9 heteroatoms. The van der Waals surface area contributed by atoms with Crippen LogP contribution in [0.5, 0.6) is 0 Å². The molecule has 1 amide bonds. The largest absolute Gasteiger partial charge is 0.352 e. The normalized spacial score (nSPS) is 16.4. The summed E-state index contributed by atoms with van der Waals surface area (Å²) in [6.45, 7) is 1.24. The summed E-state index contributed by atoms with van der Waals surface area (Å²) in [5.74, 6) is 0.0696. The first kappa shape index (κ1) is 18.9. The molecule has 3 heterocycles. The predicted molar refractivity (Wildman–Crippen MR) is 110 cm³/mol. The van der Waals surface area contributed by atoms with E-state index in [1.54, 1.807) is 30.0 Å². The quantitative estimate of drug-likeness (QED) is 0.615. The lowest BCUT2D eigenvalue weighted by Gasteiger charge is -2.24. The van der Waals surface area contributed by atoms with Crippen LogP contribution in [0.1, 0.15) is 23.3 Å². The van der Waals surface area contributed by atoms with E-state index in [0.717, 1.165) is 17.3 Å². The van der Waals surface area contributed by atoms with Crippen LogP contribution in [0.3, 0.4) is 0 Å². The number of nitrogens with one attached hydrogen (secondary N) is 1. The zero-order chi connectivity index (χ0) is 19.5. The number of hydrogen-bond donors (Lipinski definition) is 1. The highest BCUT2D eigenvalue weighted by molar-refractivity contribution is 9.10. The number of amides is 1. The number of halogens is 2. The van der Waals surface area contributed by atoms with Gasteiger partial charge in [0.15, 0.2) is 0 Å². The highest BCUT2D eigenvalue weighted by Crippen LogP contribution is 2.30. The van der Waals surface area contributed by atoms with Crippen molar-refractivity contribution in [3.05, 3.63) is 58.2 Å². The van der Waals surface area contributed by atoms with E-state index in [1.165, 1.54) is 23.5 Å². The highest BCUT2D eigenvalue weighted by Gasteiger charge is 2.32. The average Bonchev–Trinajstić information content (AvgIpc) is 3.37. The van der Waals surface area contributed by atoms with Gasteiger partial charge in [0.2, 0.25) is 5.95 Å². The Morgan fingerprint density at radius 3 is 2.93 bits per heavy atom. The smallest absolute Gasteiger partial charge is 0.274 e. The third kappa shape index (κ3) is 4.05. The molecule has 2 aromatic heterocycles. The minimum absolute atomic E-state index is 0.0295. The Labute approximate surface area is 174 Å². The van der Waals surface area contributed by atoms with E-state index >= 15 is 0 Å². The standard InChI is InChI=1S/C19H17BrFN5OS/c20-13-8-22-19(23-9-13)24-10-15-5-2-6-26(15)18(27)16-17(28-11-25-16)12-3-1-4-14(21)7-12/h1,3-4,7-9,11,15H,2,5-6,10H2,(H,22,23,24). The van der Waals surface area contributed by atoms with E-state index in [4.69, 9.17) is 0 Å². The molecule has 0 spiro atoms. The number of likely N-dealkylation sites (tertiary alicyclic amines) is 1. The van der Waals surface area contributed by atoms with Gasteiger partial charge in [-0.1, -0.05) is 12.1 Å². The van der Waals surface area contributed by atoms with Gasteiger partial charge < -0.3 is 10.2 Å². The molecular formula is C19H17BrFN5OS. The number of benzene rings is 1. The van der Waals surface area contributed by atoms with Crippen LogP contribution in [0.2, 0.25) is 0 Å². The molecule has 3 aromatic rings. The second-order valence-electron chi connectivity index (χ2n) is 6.44. The molecule has 4 rings (SSSR count). The molecule has 0 aliphatic carbocycles. The van der Waals surface area contributed by atoms with Crippen molar-refractivity contribution in [1.82, 2.24) is 19.9 Å². The fourth-order valence-corrected chi connectivity index (χ4v) is 4.28. The Bertz CT molecular complexity index is 980. The fraction of sp³-hybridized carbons (Fsp3) is 0.263. The molecule has 1 N–H and O–H groups in total. The molecule has 0 radical (unpaired) electrons. The number of aromatic nitrogens is 3. The van der Waals surface area contributed by atoms with Crippen molar-refractivity contribution >= 4 is 39.1 Å². The average molecular weight is 462 g/mol. The monoisotopic (exact) mass is 461 g/mol. The summed E-state index contributed by atoms with van der Waals surface area (Å²) in [5, 5.41) is 3.19. The topological polar surface area (TPSA) is 71.0 Å². The number of rotatable bonds is 5. The van der Waals surface area contributed by atoms with Gasteiger partial charge in [-0.3, -0.25) is 4.79 Å². The van der Waals surface area contributed by atoms with Gasteiger partial charge in [-0.25, -0.2) is 19.3 Å². The maximum absolute atomic E-state index is 13.6. The second-order valence-corrected chi connectivity index (χ2v) is 8.21. The van der Waals surface area contributed by atoms with E-state index in [0.29, 0.717) is 35.2 Å². The summed E-state index contributed by atoms with van der Waals surface area (Å²) in [5.41, 5.74) is 2.68. The van der Waals surface area contributed by atoms with Crippen LogP contribution in [0.15, 0.2) is 46.6 Å². The minimum Gasteiger partial charge on any atom is -0.352 e. The molecule has 1 aliphatic rings. The summed E-state index contributed by atoms with van der Waals surface area (Å²) < 4.78 is 14.4. The summed E-state index contributed by atoms with van der Waals surface area (Å²) in [6.07, 6.45) is 5.17. The number of hydrogen-bond acceptors (Lipinski definition) is 6. The molecule has 1 unspecified atom stereocenters. The van der Waals surface area contributed by atoms with Gasteiger partial charge in [-0.05, 0) is 46.5 Å². The van der Waals surface area contributed by atoms with Crippen LogP contribution in [0, 0.1) is 5.82 Å².